The Bertz CT molecular complexity index is 1440. The van der Waals surface area contributed by atoms with Gasteiger partial charge in [0.15, 0.2) is 12.4 Å². The maximum Gasteiger partial charge on any atom is 0.306 e. The minimum absolute atomic E-state index is 0.155. The van der Waals surface area contributed by atoms with Crippen molar-refractivity contribution in [3.63, 3.8) is 0 Å². The second-order valence-corrected chi connectivity index (χ2v) is 19.3. The van der Waals surface area contributed by atoms with Crippen molar-refractivity contribution in [2.45, 2.75) is 243 Å². The van der Waals surface area contributed by atoms with Gasteiger partial charge in [-0.05, 0) is 77.0 Å². The Hall–Kier alpha value is -2.65. The third-order valence-corrected chi connectivity index (χ3v) is 12.3. The summed E-state index contributed by atoms with van der Waals surface area (Å²) in [7, 11) is -4.61. The fourth-order valence-corrected chi connectivity index (χ4v) is 8.30. The molecule has 0 spiro atoms. The quantitative estimate of drug-likeness (QED) is 0.0196. The zero-order valence-electron chi connectivity index (χ0n) is 41.0. The highest BCUT2D eigenvalue weighted by Crippen LogP contribution is 2.24. The highest BCUT2D eigenvalue weighted by atomic mass is 32.2. The summed E-state index contributed by atoms with van der Waals surface area (Å²) in [5, 5.41) is 31.0. The molecule has 4 N–H and O–H groups in total. The van der Waals surface area contributed by atoms with Crippen LogP contribution in [0.4, 0.5) is 0 Å². The van der Waals surface area contributed by atoms with Crippen LogP contribution in [0.3, 0.4) is 0 Å². The molecule has 0 bridgehead atoms. The van der Waals surface area contributed by atoms with Crippen molar-refractivity contribution in [3.05, 3.63) is 60.8 Å². The third kappa shape index (κ3) is 36.4. The van der Waals surface area contributed by atoms with Crippen LogP contribution in [0.25, 0.3) is 0 Å². The number of unbranched alkanes of at least 4 members (excludes halogenated alkanes) is 21. The number of hydrogen-bond donors (Lipinski definition) is 4. The summed E-state index contributed by atoms with van der Waals surface area (Å²) in [6, 6.07) is 0. The molecule has 1 aliphatic rings. The van der Waals surface area contributed by atoms with Crippen molar-refractivity contribution >= 4 is 22.1 Å². The zero-order chi connectivity index (χ0) is 48.4. The summed E-state index contributed by atoms with van der Waals surface area (Å²) >= 11 is 0. The Morgan fingerprint density at radius 3 is 1.44 bits per heavy atom. The molecule has 66 heavy (non-hydrogen) atoms. The molecule has 12 nitrogen and oxygen atoms in total. The standard InChI is InChI=1S/C53H92O12S/c1-3-5-7-9-11-13-15-17-19-20-21-22-23-24-25-26-28-30-32-34-36-38-40-42-49(55)64-46(44-63-53-52(58)51(57)50(56)47(65-53)45-66(59,60)61)43-62-48(54)41-39-37-35-33-31-29-27-18-16-14-12-10-8-6-4-2/h5,7,11,13,17-19,21-22,27,46-47,50-53,56-58H,3-4,6,8-10,12,14-16,20,23-26,28-45H2,1-2H3,(H,59,60,61)/b7-5-,13-11-,19-17-,22-21-,27-18-. The van der Waals surface area contributed by atoms with Crippen molar-refractivity contribution in [2.24, 2.45) is 0 Å². The Morgan fingerprint density at radius 2 is 0.955 bits per heavy atom. The lowest BCUT2D eigenvalue weighted by Crippen LogP contribution is -2.60. The van der Waals surface area contributed by atoms with Gasteiger partial charge in [-0.1, -0.05) is 177 Å². The Balaban J connectivity index is 2.37. The molecule has 0 aromatic rings. The molecule has 13 heteroatoms. The molecule has 1 rings (SSSR count). The van der Waals surface area contributed by atoms with E-state index in [9.17, 15) is 37.9 Å². The van der Waals surface area contributed by atoms with Gasteiger partial charge in [0, 0.05) is 12.8 Å². The van der Waals surface area contributed by atoms with E-state index < -0.39 is 71.2 Å². The summed E-state index contributed by atoms with van der Waals surface area (Å²) in [5.41, 5.74) is 0. The summed E-state index contributed by atoms with van der Waals surface area (Å²) in [6.45, 7) is 3.65. The summed E-state index contributed by atoms with van der Waals surface area (Å²) in [4.78, 5) is 25.5. The van der Waals surface area contributed by atoms with E-state index in [-0.39, 0.29) is 19.4 Å². The minimum Gasteiger partial charge on any atom is -0.462 e. The topological polar surface area (TPSA) is 186 Å². The fraction of sp³-hybridized carbons (Fsp3) is 0.774. The van der Waals surface area contributed by atoms with E-state index in [0.29, 0.717) is 12.8 Å². The van der Waals surface area contributed by atoms with Crippen molar-refractivity contribution < 1.29 is 56.8 Å². The van der Waals surface area contributed by atoms with Crippen LogP contribution in [0.2, 0.25) is 0 Å². The number of hydrogen-bond acceptors (Lipinski definition) is 11. The molecule has 0 saturated carbocycles. The molecule has 1 aliphatic heterocycles. The van der Waals surface area contributed by atoms with Crippen molar-refractivity contribution in [1.29, 1.82) is 0 Å². The van der Waals surface area contributed by atoms with E-state index in [2.05, 4.69) is 74.6 Å². The van der Waals surface area contributed by atoms with Crippen LogP contribution < -0.4 is 0 Å². The number of esters is 2. The average Bonchev–Trinajstić information content (AvgIpc) is 3.28. The number of aliphatic hydroxyl groups excluding tert-OH is 3. The van der Waals surface area contributed by atoms with Gasteiger partial charge >= 0.3 is 11.9 Å². The first-order chi connectivity index (χ1) is 32.0. The molecule has 382 valence electrons. The zero-order valence-corrected chi connectivity index (χ0v) is 41.9. The molecule has 0 aromatic carbocycles. The van der Waals surface area contributed by atoms with E-state index in [1.165, 1.54) is 70.6 Å². The van der Waals surface area contributed by atoms with Gasteiger partial charge in [-0.15, -0.1) is 0 Å². The van der Waals surface area contributed by atoms with Gasteiger partial charge in [-0.3, -0.25) is 14.1 Å². The Labute approximate surface area is 400 Å². The van der Waals surface area contributed by atoms with Crippen molar-refractivity contribution in [1.82, 2.24) is 0 Å². The van der Waals surface area contributed by atoms with Crippen LogP contribution in [0.5, 0.6) is 0 Å². The summed E-state index contributed by atoms with van der Waals surface area (Å²) in [5.74, 6) is -2.00. The monoisotopic (exact) mass is 953 g/mol. The minimum atomic E-state index is -4.61. The van der Waals surface area contributed by atoms with Gasteiger partial charge < -0.3 is 34.3 Å². The van der Waals surface area contributed by atoms with E-state index in [4.69, 9.17) is 18.9 Å². The average molecular weight is 953 g/mol. The molecule has 6 atom stereocenters. The van der Waals surface area contributed by atoms with Gasteiger partial charge in [0.25, 0.3) is 10.1 Å². The van der Waals surface area contributed by atoms with Gasteiger partial charge in [0.05, 0.1) is 6.61 Å². The Kier molecular flexibility index (Phi) is 39.5. The lowest BCUT2D eigenvalue weighted by Gasteiger charge is -2.40. The van der Waals surface area contributed by atoms with E-state index in [0.717, 1.165) is 96.3 Å². The molecule has 1 saturated heterocycles. The first kappa shape index (κ1) is 61.4. The summed E-state index contributed by atoms with van der Waals surface area (Å²) in [6.07, 6.45) is 44.0. The molecule has 1 fully saturated rings. The van der Waals surface area contributed by atoms with Crippen molar-refractivity contribution in [2.75, 3.05) is 19.0 Å². The maximum absolute atomic E-state index is 12.9. The van der Waals surface area contributed by atoms with E-state index in [1.807, 2.05) is 0 Å². The highest BCUT2D eigenvalue weighted by molar-refractivity contribution is 7.85. The molecule has 0 aliphatic carbocycles. The van der Waals surface area contributed by atoms with Crippen LogP contribution in [-0.2, 0) is 38.7 Å². The van der Waals surface area contributed by atoms with Crippen LogP contribution in [0, 0.1) is 0 Å². The lowest BCUT2D eigenvalue weighted by molar-refractivity contribution is -0.297. The number of ether oxygens (including phenoxy) is 4. The number of carbonyl (C=O) groups is 2. The summed E-state index contributed by atoms with van der Waals surface area (Å²) < 4.78 is 54.2. The fourth-order valence-electron chi connectivity index (χ4n) is 7.60. The van der Waals surface area contributed by atoms with Gasteiger partial charge in [0.2, 0.25) is 0 Å². The Morgan fingerprint density at radius 1 is 0.530 bits per heavy atom. The van der Waals surface area contributed by atoms with Crippen molar-refractivity contribution in [3.8, 4) is 0 Å². The van der Waals surface area contributed by atoms with Gasteiger partial charge in [-0.2, -0.15) is 8.42 Å². The van der Waals surface area contributed by atoms with Crippen LogP contribution in [0.1, 0.15) is 206 Å². The molecule has 0 amide bonds. The lowest BCUT2D eigenvalue weighted by atomic mass is 10.00. The predicted octanol–water partition coefficient (Wildman–Crippen LogP) is 11.7. The second-order valence-electron chi connectivity index (χ2n) is 17.8. The number of aliphatic hydroxyl groups is 3. The van der Waals surface area contributed by atoms with E-state index >= 15 is 0 Å². The molecule has 0 radical (unpaired) electrons. The smallest absolute Gasteiger partial charge is 0.306 e. The molecule has 1 heterocycles. The molecular weight excluding hydrogens is 861 g/mol. The molecule has 0 aromatic heterocycles. The first-order valence-corrected chi connectivity index (χ1v) is 27.5. The largest absolute Gasteiger partial charge is 0.462 e. The first-order valence-electron chi connectivity index (χ1n) is 25.8. The van der Waals surface area contributed by atoms with Gasteiger partial charge in [0.1, 0.15) is 36.8 Å². The van der Waals surface area contributed by atoms with Crippen LogP contribution in [0.15, 0.2) is 60.8 Å². The second kappa shape index (κ2) is 42.5. The SMILES string of the molecule is CC/C=C\C/C=C\C/C=C\C/C=C\CCCCCCCCCCCCC(=O)OC(COC(=O)CCCCCCC/C=C\CCCCCCCC)COC1OC(CS(=O)(=O)O)C(O)C(O)C1O. The van der Waals surface area contributed by atoms with Gasteiger partial charge in [-0.25, -0.2) is 0 Å². The highest BCUT2D eigenvalue weighted by Gasteiger charge is 2.46. The normalized spacial score (nSPS) is 19.9. The number of allylic oxidation sites excluding steroid dienone is 10. The molecular formula is C53H92O12S. The third-order valence-electron chi connectivity index (χ3n) is 11.6. The van der Waals surface area contributed by atoms with E-state index in [1.54, 1.807) is 0 Å². The maximum atomic E-state index is 12.9. The predicted molar refractivity (Wildman–Crippen MR) is 265 cm³/mol. The van der Waals surface area contributed by atoms with Crippen LogP contribution in [-0.4, -0.2) is 96.0 Å². The molecule has 6 unspecified atom stereocenters. The van der Waals surface area contributed by atoms with Crippen LogP contribution >= 0.6 is 0 Å². The number of rotatable bonds is 43. The number of carbonyl (C=O) groups excluding carboxylic acids is 2.